The summed E-state index contributed by atoms with van der Waals surface area (Å²) in [5, 5.41) is 0. The van der Waals surface area contributed by atoms with E-state index in [-0.39, 0.29) is 12.3 Å². The maximum atomic E-state index is 11.2. The third-order valence-electron chi connectivity index (χ3n) is 1.67. The molecule has 0 aromatic carbocycles. The minimum atomic E-state index is -0.128. The van der Waals surface area contributed by atoms with Gasteiger partial charge in [0.1, 0.15) is 6.73 Å². The van der Waals surface area contributed by atoms with Gasteiger partial charge in [-0.1, -0.05) is 0 Å². The lowest BCUT2D eigenvalue weighted by Gasteiger charge is -2.06. The number of nitrogen functional groups attached to an aromatic ring is 1. The van der Waals surface area contributed by atoms with Crippen molar-refractivity contribution < 1.29 is 9.47 Å². The van der Waals surface area contributed by atoms with Crippen LogP contribution in [0.4, 0.5) is 5.69 Å². The largest absolute Gasteiger partial charge is 0.398 e. The van der Waals surface area contributed by atoms with E-state index >= 15 is 0 Å². The number of nitrogens with two attached hydrogens (primary N) is 1. The van der Waals surface area contributed by atoms with Crippen LogP contribution in [0.3, 0.4) is 0 Å². The van der Waals surface area contributed by atoms with Crippen molar-refractivity contribution in [1.29, 1.82) is 0 Å². The molecule has 0 saturated heterocycles. The van der Waals surface area contributed by atoms with Crippen LogP contribution in [0.15, 0.2) is 23.1 Å². The topological polar surface area (TPSA) is 66.5 Å². The van der Waals surface area contributed by atoms with Crippen LogP contribution in [-0.2, 0) is 16.2 Å². The van der Waals surface area contributed by atoms with Crippen LogP contribution >= 0.6 is 0 Å². The van der Waals surface area contributed by atoms with Gasteiger partial charge in [0.05, 0.1) is 13.2 Å². The number of nitrogens with zero attached hydrogens (tertiary/aromatic N) is 1. The molecule has 1 aromatic heterocycles. The molecule has 1 rings (SSSR count). The van der Waals surface area contributed by atoms with Crippen LogP contribution in [0.5, 0.6) is 0 Å². The maximum absolute atomic E-state index is 11.2. The van der Waals surface area contributed by atoms with Crippen LogP contribution < -0.4 is 11.3 Å². The highest BCUT2D eigenvalue weighted by Gasteiger charge is 1.95. The predicted molar refractivity (Wildman–Crippen MR) is 52.9 cm³/mol. The summed E-state index contributed by atoms with van der Waals surface area (Å²) >= 11 is 0. The molecule has 0 aliphatic heterocycles. The van der Waals surface area contributed by atoms with Crippen molar-refractivity contribution in [3.05, 3.63) is 28.7 Å². The van der Waals surface area contributed by atoms with Crippen LogP contribution in [0, 0.1) is 0 Å². The van der Waals surface area contributed by atoms with Gasteiger partial charge in [-0.3, -0.25) is 9.36 Å². The molecule has 0 aliphatic carbocycles. The van der Waals surface area contributed by atoms with Crippen molar-refractivity contribution in [3.63, 3.8) is 0 Å². The molecule has 2 N–H and O–H groups in total. The van der Waals surface area contributed by atoms with E-state index in [0.717, 1.165) is 0 Å². The van der Waals surface area contributed by atoms with Gasteiger partial charge >= 0.3 is 0 Å². The van der Waals surface area contributed by atoms with Gasteiger partial charge in [0.2, 0.25) is 0 Å². The highest BCUT2D eigenvalue weighted by atomic mass is 16.5. The van der Waals surface area contributed by atoms with Crippen molar-refractivity contribution in [2.75, 3.05) is 26.1 Å². The number of methoxy groups -OCH3 is 1. The molecular weight excluding hydrogens is 184 g/mol. The number of rotatable bonds is 5. The Labute approximate surface area is 82.0 Å². The van der Waals surface area contributed by atoms with Gasteiger partial charge in [-0.05, 0) is 6.07 Å². The molecule has 0 fully saturated rings. The van der Waals surface area contributed by atoms with Gasteiger partial charge in [-0.2, -0.15) is 0 Å². The fourth-order valence-corrected chi connectivity index (χ4v) is 0.956. The van der Waals surface area contributed by atoms with Crippen LogP contribution in [0.2, 0.25) is 0 Å². The van der Waals surface area contributed by atoms with Crippen molar-refractivity contribution in [1.82, 2.24) is 4.57 Å². The lowest BCUT2D eigenvalue weighted by atomic mass is 10.4. The molecule has 0 unspecified atom stereocenters. The SMILES string of the molecule is COCCOCn1cc(N)ccc1=O. The van der Waals surface area contributed by atoms with E-state index in [2.05, 4.69) is 0 Å². The zero-order valence-corrected chi connectivity index (χ0v) is 8.10. The average Bonchev–Trinajstić information content (AvgIpc) is 2.18. The Morgan fingerprint density at radius 1 is 1.43 bits per heavy atom. The van der Waals surface area contributed by atoms with Crippen molar-refractivity contribution >= 4 is 5.69 Å². The normalized spacial score (nSPS) is 10.4. The molecule has 1 aromatic rings. The molecule has 0 saturated carbocycles. The van der Waals surface area contributed by atoms with Gasteiger partial charge in [0, 0.05) is 25.1 Å². The Balaban J connectivity index is 2.49. The Morgan fingerprint density at radius 2 is 2.21 bits per heavy atom. The summed E-state index contributed by atoms with van der Waals surface area (Å²) in [5.41, 5.74) is 5.93. The zero-order chi connectivity index (χ0) is 10.4. The van der Waals surface area contributed by atoms with E-state index in [0.29, 0.717) is 18.9 Å². The molecule has 0 amide bonds. The Bertz CT molecular complexity index is 335. The first-order chi connectivity index (χ1) is 6.74. The number of hydrogen-bond donors (Lipinski definition) is 1. The monoisotopic (exact) mass is 198 g/mol. The van der Waals surface area contributed by atoms with Gasteiger partial charge in [-0.25, -0.2) is 0 Å². The Morgan fingerprint density at radius 3 is 2.93 bits per heavy atom. The fourth-order valence-electron chi connectivity index (χ4n) is 0.956. The molecule has 1 heterocycles. The summed E-state index contributed by atoms with van der Waals surface area (Å²) in [6.45, 7) is 1.17. The zero-order valence-electron chi connectivity index (χ0n) is 8.10. The molecular formula is C9H14N2O3. The van der Waals surface area contributed by atoms with E-state index in [9.17, 15) is 4.79 Å². The Hall–Kier alpha value is -1.33. The van der Waals surface area contributed by atoms with Crippen molar-refractivity contribution in [2.45, 2.75) is 6.73 Å². The second-order valence-electron chi connectivity index (χ2n) is 2.80. The predicted octanol–water partition coefficient (Wildman–Crippen LogP) is 0.0510. The van der Waals surface area contributed by atoms with Gasteiger partial charge < -0.3 is 15.2 Å². The highest BCUT2D eigenvalue weighted by molar-refractivity contribution is 5.33. The average molecular weight is 198 g/mol. The van der Waals surface area contributed by atoms with E-state index in [4.69, 9.17) is 15.2 Å². The molecule has 14 heavy (non-hydrogen) atoms. The van der Waals surface area contributed by atoms with Gasteiger partial charge in [-0.15, -0.1) is 0 Å². The van der Waals surface area contributed by atoms with Crippen LogP contribution in [0.1, 0.15) is 0 Å². The summed E-state index contributed by atoms with van der Waals surface area (Å²) in [7, 11) is 1.59. The second kappa shape index (κ2) is 5.41. The third-order valence-corrected chi connectivity index (χ3v) is 1.67. The second-order valence-corrected chi connectivity index (χ2v) is 2.80. The van der Waals surface area contributed by atoms with Crippen molar-refractivity contribution in [2.24, 2.45) is 0 Å². The third kappa shape index (κ3) is 3.20. The van der Waals surface area contributed by atoms with Crippen LogP contribution in [-0.4, -0.2) is 24.9 Å². The summed E-state index contributed by atoms with van der Waals surface area (Å²) in [6.07, 6.45) is 1.55. The molecule has 78 valence electrons. The smallest absolute Gasteiger partial charge is 0.252 e. The first kappa shape index (κ1) is 10.7. The van der Waals surface area contributed by atoms with Gasteiger partial charge in [0.15, 0.2) is 0 Å². The summed E-state index contributed by atoms with van der Waals surface area (Å²) in [5.74, 6) is 0. The standard InChI is InChI=1S/C9H14N2O3/c1-13-4-5-14-7-11-6-8(10)2-3-9(11)12/h2-3,6H,4-5,7,10H2,1H3. The lowest BCUT2D eigenvalue weighted by Crippen LogP contribution is -2.21. The van der Waals surface area contributed by atoms with E-state index < -0.39 is 0 Å². The minimum absolute atomic E-state index is 0.128. The molecule has 0 atom stereocenters. The summed E-state index contributed by atoms with van der Waals surface area (Å²) in [4.78, 5) is 11.2. The van der Waals surface area contributed by atoms with E-state index in [1.807, 2.05) is 0 Å². The number of ether oxygens (including phenoxy) is 2. The van der Waals surface area contributed by atoms with E-state index in [1.54, 1.807) is 19.4 Å². The Kier molecular flexibility index (Phi) is 4.15. The number of anilines is 1. The molecule has 0 aliphatic rings. The summed E-state index contributed by atoms with van der Waals surface area (Å²) < 4.78 is 11.4. The molecule has 0 spiro atoms. The lowest BCUT2D eigenvalue weighted by molar-refractivity contribution is 0.0327. The number of aromatic nitrogens is 1. The van der Waals surface area contributed by atoms with Crippen molar-refractivity contribution in [3.8, 4) is 0 Å². The summed E-state index contributed by atoms with van der Waals surface area (Å²) in [6, 6.07) is 2.98. The number of pyridine rings is 1. The molecule has 0 bridgehead atoms. The molecule has 0 radical (unpaired) electrons. The molecule has 5 nitrogen and oxygen atoms in total. The fraction of sp³-hybridized carbons (Fsp3) is 0.444. The first-order valence-corrected chi connectivity index (χ1v) is 4.26. The van der Waals surface area contributed by atoms with E-state index in [1.165, 1.54) is 10.6 Å². The van der Waals surface area contributed by atoms with Crippen LogP contribution in [0.25, 0.3) is 0 Å². The highest BCUT2D eigenvalue weighted by Crippen LogP contribution is 1.95. The number of hydrogen-bond acceptors (Lipinski definition) is 4. The quantitative estimate of drug-likeness (QED) is 0.679. The van der Waals surface area contributed by atoms with Gasteiger partial charge in [0.25, 0.3) is 5.56 Å². The first-order valence-electron chi connectivity index (χ1n) is 4.26. The molecule has 5 heteroatoms. The maximum Gasteiger partial charge on any atom is 0.252 e. The minimum Gasteiger partial charge on any atom is -0.398 e.